The summed E-state index contributed by atoms with van der Waals surface area (Å²) in [5.41, 5.74) is 6.31. The lowest BCUT2D eigenvalue weighted by atomic mass is 9.88. The van der Waals surface area contributed by atoms with Crippen molar-refractivity contribution < 1.29 is 4.79 Å². The first-order valence-electron chi connectivity index (χ1n) is 10.6. The average Bonchev–Trinajstić information content (AvgIpc) is 3.04. The molecule has 0 radical (unpaired) electrons. The first-order valence-corrected chi connectivity index (χ1v) is 10.6. The molecule has 0 saturated carbocycles. The second kappa shape index (κ2) is 8.11. The predicted octanol–water partition coefficient (Wildman–Crippen LogP) is 4.33. The fraction of sp³-hybridized carbons (Fsp3) is 0.346. The first-order chi connectivity index (χ1) is 14.3. The van der Waals surface area contributed by atoms with Gasteiger partial charge in [0.25, 0.3) is 0 Å². The highest BCUT2D eigenvalue weighted by molar-refractivity contribution is 6.16. The summed E-state index contributed by atoms with van der Waals surface area (Å²) in [6, 6.07) is 17.2. The van der Waals surface area contributed by atoms with Crippen LogP contribution in [0.3, 0.4) is 0 Å². The molecular formula is C26H31N3O. The van der Waals surface area contributed by atoms with Gasteiger partial charge in [0, 0.05) is 62.8 Å². The maximum absolute atomic E-state index is 13.5. The molecule has 0 aliphatic carbocycles. The van der Waals surface area contributed by atoms with Gasteiger partial charge in [0.15, 0.2) is 5.78 Å². The van der Waals surface area contributed by atoms with Crippen molar-refractivity contribution in [1.82, 2.24) is 4.90 Å². The molecule has 0 N–H and O–H groups in total. The molecule has 4 heteroatoms. The number of nitrogens with zero attached hydrogens (tertiary/aromatic N) is 3. The van der Waals surface area contributed by atoms with Gasteiger partial charge in [-0.2, -0.15) is 0 Å². The molecule has 0 amide bonds. The minimum Gasteiger partial charge on any atom is -0.378 e. The van der Waals surface area contributed by atoms with Gasteiger partial charge >= 0.3 is 0 Å². The van der Waals surface area contributed by atoms with Crippen molar-refractivity contribution in [2.24, 2.45) is 0 Å². The van der Waals surface area contributed by atoms with Crippen molar-refractivity contribution in [3.8, 4) is 0 Å². The van der Waals surface area contributed by atoms with Gasteiger partial charge in [0.2, 0.25) is 0 Å². The van der Waals surface area contributed by atoms with Crippen LogP contribution >= 0.6 is 0 Å². The van der Waals surface area contributed by atoms with Gasteiger partial charge < -0.3 is 9.80 Å². The Kier molecular flexibility index (Phi) is 5.52. The van der Waals surface area contributed by atoms with E-state index in [1.807, 2.05) is 28.2 Å². The van der Waals surface area contributed by atoms with Crippen LogP contribution in [0.5, 0.6) is 0 Å². The Bertz CT molecular complexity index is 904. The van der Waals surface area contributed by atoms with E-state index in [2.05, 4.69) is 82.4 Å². The number of fused-ring (bicyclic) bond motifs is 2. The number of rotatable bonds is 4. The Hall–Kier alpha value is -2.85. The van der Waals surface area contributed by atoms with Gasteiger partial charge in [0.05, 0.1) is 0 Å². The van der Waals surface area contributed by atoms with Crippen LogP contribution in [0.25, 0.3) is 12.2 Å². The molecular weight excluding hydrogens is 370 g/mol. The Balaban J connectivity index is 1.68. The summed E-state index contributed by atoms with van der Waals surface area (Å²) in [6.07, 6.45) is 6.25. The van der Waals surface area contributed by atoms with Gasteiger partial charge in [-0.25, -0.2) is 0 Å². The van der Waals surface area contributed by atoms with E-state index in [4.69, 9.17) is 0 Å². The molecule has 2 unspecified atom stereocenters. The third kappa shape index (κ3) is 3.80. The lowest BCUT2D eigenvalue weighted by Crippen LogP contribution is -2.43. The van der Waals surface area contributed by atoms with Crippen LogP contribution in [0.1, 0.15) is 24.0 Å². The standard InChI is InChI=1S/C26H31N3O/c1-27(2)20-10-6-18(7-11-20)16-22-24-14-15-25(29(24)5)23(26(22)30)17-19-8-12-21(13-9-19)28(3)4/h6-13,16-17,24-25H,14-15H2,1-5H3/b22-16-,23-17+. The van der Waals surface area contributed by atoms with Gasteiger partial charge in [-0.3, -0.25) is 9.69 Å². The fourth-order valence-electron chi connectivity index (χ4n) is 4.58. The molecule has 2 heterocycles. The summed E-state index contributed by atoms with van der Waals surface area (Å²) in [4.78, 5) is 20.1. The molecule has 2 saturated heterocycles. The molecule has 2 aromatic rings. The number of likely N-dealkylation sites (N-methyl/N-ethyl adjacent to an activating group) is 1. The minimum absolute atomic E-state index is 0.203. The number of hydrogen-bond acceptors (Lipinski definition) is 4. The molecule has 0 aromatic heterocycles. The number of Topliss-reactive ketones (excluding diaryl/α,β-unsaturated/α-hetero) is 1. The molecule has 2 aliphatic rings. The summed E-state index contributed by atoms with van der Waals surface area (Å²) in [5.74, 6) is 0.203. The van der Waals surface area contributed by atoms with Gasteiger partial charge in [-0.05, 0) is 67.4 Å². The Morgan fingerprint density at radius 1 is 0.733 bits per heavy atom. The van der Waals surface area contributed by atoms with Crippen LogP contribution in [0.15, 0.2) is 59.7 Å². The van der Waals surface area contributed by atoms with Crippen molar-refractivity contribution in [3.63, 3.8) is 0 Å². The highest BCUT2D eigenvalue weighted by Crippen LogP contribution is 2.40. The highest BCUT2D eigenvalue weighted by atomic mass is 16.1. The summed E-state index contributed by atoms with van der Waals surface area (Å²) in [7, 11) is 10.3. The quantitative estimate of drug-likeness (QED) is 0.713. The van der Waals surface area contributed by atoms with E-state index in [1.165, 1.54) is 0 Å². The Labute approximate surface area is 180 Å². The van der Waals surface area contributed by atoms with Crippen LogP contribution in [-0.2, 0) is 4.79 Å². The van der Waals surface area contributed by atoms with Crippen LogP contribution in [-0.4, -0.2) is 58.0 Å². The molecule has 2 atom stereocenters. The van der Waals surface area contributed by atoms with Gasteiger partial charge in [-0.15, -0.1) is 0 Å². The van der Waals surface area contributed by atoms with Crippen molar-refractivity contribution in [2.45, 2.75) is 24.9 Å². The molecule has 4 rings (SSSR count). The third-order valence-corrected chi connectivity index (χ3v) is 6.40. The van der Waals surface area contributed by atoms with E-state index in [1.54, 1.807) is 0 Å². The van der Waals surface area contributed by atoms with Crippen LogP contribution in [0.4, 0.5) is 11.4 Å². The lowest BCUT2D eigenvalue weighted by molar-refractivity contribution is -0.114. The maximum atomic E-state index is 13.5. The predicted molar refractivity (Wildman–Crippen MR) is 127 cm³/mol. The molecule has 2 bridgehead atoms. The summed E-state index contributed by atoms with van der Waals surface area (Å²) in [5, 5.41) is 0. The number of benzene rings is 2. The van der Waals surface area contributed by atoms with Crippen LogP contribution in [0.2, 0.25) is 0 Å². The van der Waals surface area contributed by atoms with E-state index < -0.39 is 0 Å². The lowest BCUT2D eigenvalue weighted by Gasteiger charge is -2.34. The largest absolute Gasteiger partial charge is 0.378 e. The van der Waals surface area contributed by atoms with Gasteiger partial charge in [-0.1, -0.05) is 24.3 Å². The monoisotopic (exact) mass is 401 g/mol. The van der Waals surface area contributed by atoms with Crippen molar-refractivity contribution >= 4 is 29.3 Å². The Morgan fingerprint density at radius 2 is 1.10 bits per heavy atom. The highest BCUT2D eigenvalue weighted by Gasteiger charge is 2.44. The van der Waals surface area contributed by atoms with Crippen molar-refractivity contribution in [1.29, 1.82) is 0 Å². The summed E-state index contributed by atoms with van der Waals surface area (Å²) < 4.78 is 0. The average molecular weight is 402 g/mol. The zero-order chi connectivity index (χ0) is 21.4. The molecule has 2 aromatic carbocycles. The molecule has 4 nitrogen and oxygen atoms in total. The number of carbonyl (C=O) groups is 1. The first kappa shape index (κ1) is 20.4. The molecule has 2 fully saturated rings. The Morgan fingerprint density at radius 3 is 1.43 bits per heavy atom. The zero-order valence-electron chi connectivity index (χ0n) is 18.6. The maximum Gasteiger partial charge on any atom is 0.188 e. The number of carbonyl (C=O) groups excluding carboxylic acids is 1. The van der Waals surface area contributed by atoms with E-state index in [-0.39, 0.29) is 17.9 Å². The normalized spacial score (nSPS) is 24.0. The zero-order valence-corrected chi connectivity index (χ0v) is 18.6. The molecule has 30 heavy (non-hydrogen) atoms. The molecule has 2 aliphatic heterocycles. The third-order valence-electron chi connectivity index (χ3n) is 6.40. The smallest absolute Gasteiger partial charge is 0.188 e. The molecule has 0 spiro atoms. The second-order valence-corrected chi connectivity index (χ2v) is 8.77. The van der Waals surface area contributed by atoms with Crippen LogP contribution < -0.4 is 9.80 Å². The van der Waals surface area contributed by atoms with E-state index >= 15 is 0 Å². The van der Waals surface area contributed by atoms with Gasteiger partial charge in [0.1, 0.15) is 0 Å². The summed E-state index contributed by atoms with van der Waals surface area (Å²) >= 11 is 0. The number of hydrogen-bond donors (Lipinski definition) is 0. The topological polar surface area (TPSA) is 26.8 Å². The number of anilines is 2. The SMILES string of the molecule is CN(C)c1ccc(/C=C2\C(=O)/C(=C/c3ccc(N(C)C)cc3)C3CCC2N3C)cc1. The molecule has 156 valence electrons. The van der Waals surface area contributed by atoms with E-state index in [0.29, 0.717) is 0 Å². The number of ketones is 1. The van der Waals surface area contributed by atoms with E-state index in [9.17, 15) is 4.79 Å². The van der Waals surface area contributed by atoms with Crippen LogP contribution in [0, 0.1) is 0 Å². The van der Waals surface area contributed by atoms with E-state index in [0.717, 1.165) is 46.5 Å². The van der Waals surface area contributed by atoms with Crippen molar-refractivity contribution in [2.75, 3.05) is 45.0 Å². The summed E-state index contributed by atoms with van der Waals surface area (Å²) in [6.45, 7) is 0. The number of piperidine rings is 1. The minimum atomic E-state index is 0.203. The fourth-order valence-corrected chi connectivity index (χ4v) is 4.58. The second-order valence-electron chi connectivity index (χ2n) is 8.77. The van der Waals surface area contributed by atoms with Crippen molar-refractivity contribution in [3.05, 3.63) is 70.8 Å².